The maximum absolute atomic E-state index is 2.70. The van der Waals surface area contributed by atoms with Crippen molar-refractivity contribution in [3.63, 3.8) is 0 Å². The van der Waals surface area contributed by atoms with Crippen molar-refractivity contribution in [1.29, 1.82) is 0 Å². The summed E-state index contributed by atoms with van der Waals surface area (Å²) in [7, 11) is 0. The Bertz CT molecular complexity index is 4520. The fourth-order valence-electron chi connectivity index (χ4n) is 15.8. The van der Waals surface area contributed by atoms with E-state index in [1.165, 1.54) is 173 Å². The van der Waals surface area contributed by atoms with Crippen LogP contribution in [0.25, 0.3) is 122 Å². The number of rotatable bonds is 6. The molecule has 0 atom stereocenters. The molecule has 0 unspecified atom stereocenters. The summed E-state index contributed by atoms with van der Waals surface area (Å²) < 4.78 is 4.88. The molecule has 5 aliphatic carbocycles. The van der Waals surface area contributed by atoms with Gasteiger partial charge < -0.3 is 9.13 Å². The van der Waals surface area contributed by atoms with E-state index in [2.05, 4.69) is 240 Å². The number of aromatic nitrogens is 2. The number of fused-ring (bicyclic) bond motifs is 16. The van der Waals surface area contributed by atoms with Gasteiger partial charge in [0.1, 0.15) is 0 Å². The maximum atomic E-state index is 2.70. The Kier molecular flexibility index (Phi) is 9.62. The molecule has 0 saturated heterocycles. The molecule has 2 heterocycles. The van der Waals surface area contributed by atoms with Crippen LogP contribution in [0.2, 0.25) is 0 Å². The summed E-state index contributed by atoms with van der Waals surface area (Å²) in [6.45, 7) is 0. The molecular weight excluding hydrogens is 941 g/mol. The second kappa shape index (κ2) is 16.9. The average Bonchev–Trinajstić information content (AvgIpc) is 4.04. The molecule has 2 heteroatoms. The lowest BCUT2D eigenvalue weighted by atomic mass is 9.74. The average molecular weight is 999 g/mol. The van der Waals surface area contributed by atoms with E-state index < -0.39 is 0 Å². The van der Waals surface area contributed by atoms with Crippen molar-refractivity contribution < 1.29 is 0 Å². The highest BCUT2D eigenvalue weighted by Gasteiger charge is 2.50. The van der Waals surface area contributed by atoms with Crippen molar-refractivity contribution >= 4 is 49.3 Å². The predicted molar refractivity (Wildman–Crippen MR) is 328 cm³/mol. The van der Waals surface area contributed by atoms with E-state index >= 15 is 0 Å². The molecule has 0 N–H and O–H groups in total. The molecule has 2 spiro atoms. The summed E-state index contributed by atoms with van der Waals surface area (Å²) in [6, 6.07) is 81.7. The summed E-state index contributed by atoms with van der Waals surface area (Å²) >= 11 is 0. The molecule has 17 rings (SSSR count). The van der Waals surface area contributed by atoms with E-state index in [0.717, 1.165) is 12.8 Å². The number of para-hydroxylation sites is 3. The molecule has 2 fully saturated rings. The first-order chi connectivity index (χ1) is 38.6. The Morgan fingerprint density at radius 1 is 0.308 bits per heavy atom. The Hall–Kier alpha value is -8.72. The first-order valence-electron chi connectivity index (χ1n) is 28.8. The van der Waals surface area contributed by atoms with Gasteiger partial charge in [-0.1, -0.05) is 177 Å². The molecule has 0 bridgehead atoms. The molecule has 10 aromatic carbocycles. The van der Waals surface area contributed by atoms with Crippen LogP contribution in [0.1, 0.15) is 86.5 Å². The van der Waals surface area contributed by atoms with Crippen LogP contribution in [-0.2, 0) is 10.8 Å². The molecule has 372 valence electrons. The van der Waals surface area contributed by atoms with E-state index in [1.807, 2.05) is 0 Å². The summed E-state index contributed by atoms with van der Waals surface area (Å²) in [4.78, 5) is 0. The van der Waals surface area contributed by atoms with Gasteiger partial charge in [-0.05, 0) is 206 Å². The van der Waals surface area contributed by atoms with E-state index in [4.69, 9.17) is 0 Å². The van der Waals surface area contributed by atoms with Gasteiger partial charge in [0.2, 0.25) is 0 Å². The number of hydrogen-bond acceptors (Lipinski definition) is 0. The minimum absolute atomic E-state index is 0.0589. The van der Waals surface area contributed by atoms with Crippen molar-refractivity contribution in [2.45, 2.75) is 75.0 Å². The normalized spacial score (nSPS) is 16.4. The second-order valence-electron chi connectivity index (χ2n) is 23.3. The minimum atomic E-state index is 0.0589. The smallest absolute Gasteiger partial charge is 0.0541 e. The zero-order valence-corrected chi connectivity index (χ0v) is 43.9. The van der Waals surface area contributed by atoms with Crippen LogP contribution < -0.4 is 0 Å². The highest BCUT2D eigenvalue weighted by atomic mass is 15.0. The van der Waals surface area contributed by atoms with Gasteiger partial charge in [0.05, 0.1) is 22.1 Å². The molecule has 0 amide bonds. The summed E-state index contributed by atoms with van der Waals surface area (Å²) in [6.07, 6.45) is 18.9. The van der Waals surface area contributed by atoms with Crippen LogP contribution >= 0.6 is 0 Å². The quantitative estimate of drug-likeness (QED) is 0.157. The van der Waals surface area contributed by atoms with Crippen molar-refractivity contribution in [3.05, 3.63) is 253 Å². The van der Waals surface area contributed by atoms with Crippen molar-refractivity contribution in [1.82, 2.24) is 9.13 Å². The number of nitrogens with zero attached hydrogens (tertiary/aromatic N) is 2. The van der Waals surface area contributed by atoms with Gasteiger partial charge in [-0.2, -0.15) is 0 Å². The number of hydrogen-bond donors (Lipinski definition) is 0. The second-order valence-corrected chi connectivity index (χ2v) is 23.3. The Labute approximate surface area is 456 Å². The van der Waals surface area contributed by atoms with E-state index in [9.17, 15) is 0 Å². The summed E-state index contributed by atoms with van der Waals surface area (Å²) in [5.41, 5.74) is 30.2. The van der Waals surface area contributed by atoms with Gasteiger partial charge >= 0.3 is 0 Å². The van der Waals surface area contributed by atoms with Crippen LogP contribution in [0, 0.1) is 0 Å². The van der Waals surface area contributed by atoms with E-state index in [0.29, 0.717) is 0 Å². The third kappa shape index (κ3) is 6.38. The molecule has 12 aromatic rings. The lowest BCUT2D eigenvalue weighted by Gasteiger charge is -2.29. The zero-order valence-electron chi connectivity index (χ0n) is 43.9. The third-order valence-electron chi connectivity index (χ3n) is 19.5. The highest BCUT2D eigenvalue weighted by Crippen LogP contribution is 2.63. The minimum Gasteiger partial charge on any atom is -0.313 e. The first kappa shape index (κ1) is 44.4. The molecule has 78 heavy (non-hydrogen) atoms. The molecule has 2 nitrogen and oxygen atoms in total. The van der Waals surface area contributed by atoms with Crippen molar-refractivity contribution in [2.75, 3.05) is 0 Å². The molecule has 2 aromatic heterocycles. The highest BCUT2D eigenvalue weighted by molar-refractivity contribution is 6.12. The molecule has 0 radical (unpaired) electrons. The summed E-state index contributed by atoms with van der Waals surface area (Å²) in [5.74, 6) is 0. The molecule has 0 aliphatic heterocycles. The predicted octanol–water partition coefficient (Wildman–Crippen LogP) is 20.4. The van der Waals surface area contributed by atoms with E-state index in [1.54, 1.807) is 22.3 Å². The lowest BCUT2D eigenvalue weighted by molar-refractivity contribution is 0.544. The van der Waals surface area contributed by atoms with Gasteiger partial charge in [-0.3, -0.25) is 0 Å². The SMILES string of the molecule is C1=CCCC(n2c3ccccc3c3cc(-c4ccc(-c5ccc6c(c5)C5(CCCC5)c5cc7c(cc5-6)C5(CCCC5)c5cc(-c6ccc(-c8ccc9c(c8)c8ccccc8n9-c8ccccc8)cc6)ccc5-7)cc4)ccc32)=C1. The fourth-order valence-corrected chi connectivity index (χ4v) is 15.8. The standard InChI is InChI=1S/C76H58N2/c1-3-15-57(16-4-1)77-71-21-9-7-19-61(71)65-43-53(33-37-73(65)77)49-23-27-51(28-24-49)55-31-35-59-63-47-70-64(48-69(63)75(67(59)45-55)39-11-12-40-75)60-36-32-56(46-68(60)76(70)41-13-14-42-76)52-29-25-50(26-30-52)54-34-38-74-66(44-54)62-20-8-10-22-72(62)78(74)58-17-5-2-6-18-58/h1-5,7-10,15-17,19-38,43-48H,6,11-14,18,39-42H2. The fraction of sp³-hybridized carbons (Fsp3) is 0.158. The first-order valence-corrected chi connectivity index (χ1v) is 28.8. The zero-order chi connectivity index (χ0) is 51.1. The van der Waals surface area contributed by atoms with E-state index in [-0.39, 0.29) is 10.8 Å². The lowest BCUT2D eigenvalue weighted by Crippen LogP contribution is -2.22. The molecular formula is C76H58N2. The van der Waals surface area contributed by atoms with Crippen LogP contribution in [-0.4, -0.2) is 9.13 Å². The maximum Gasteiger partial charge on any atom is 0.0541 e. The third-order valence-corrected chi connectivity index (χ3v) is 19.5. The van der Waals surface area contributed by atoms with Gasteiger partial charge in [-0.15, -0.1) is 0 Å². The van der Waals surface area contributed by atoms with Crippen molar-refractivity contribution in [3.8, 4) is 72.4 Å². The van der Waals surface area contributed by atoms with Crippen LogP contribution in [0.3, 0.4) is 0 Å². The van der Waals surface area contributed by atoms with Gasteiger partial charge in [0.25, 0.3) is 0 Å². The Balaban J connectivity index is 0.690. The van der Waals surface area contributed by atoms with Gasteiger partial charge in [0.15, 0.2) is 0 Å². The Morgan fingerprint density at radius 2 is 0.705 bits per heavy atom. The van der Waals surface area contributed by atoms with Crippen LogP contribution in [0.5, 0.6) is 0 Å². The van der Waals surface area contributed by atoms with Gasteiger partial charge in [-0.25, -0.2) is 0 Å². The Morgan fingerprint density at radius 3 is 1.19 bits per heavy atom. The molecule has 2 saturated carbocycles. The van der Waals surface area contributed by atoms with Crippen molar-refractivity contribution in [2.24, 2.45) is 0 Å². The number of allylic oxidation sites excluding steroid dienone is 4. The topological polar surface area (TPSA) is 9.86 Å². The van der Waals surface area contributed by atoms with Crippen LogP contribution in [0.4, 0.5) is 0 Å². The molecule has 5 aliphatic rings. The number of benzene rings is 10. The largest absolute Gasteiger partial charge is 0.313 e. The summed E-state index contributed by atoms with van der Waals surface area (Å²) in [5, 5.41) is 5.20. The van der Waals surface area contributed by atoms with Gasteiger partial charge in [0, 0.05) is 43.8 Å². The van der Waals surface area contributed by atoms with Crippen LogP contribution in [0.15, 0.2) is 231 Å². The monoisotopic (exact) mass is 998 g/mol.